The molecule has 1 atom stereocenters. The van der Waals surface area contributed by atoms with E-state index >= 15 is 0 Å². The lowest BCUT2D eigenvalue weighted by Gasteiger charge is -2.17. The SMILES string of the molecule is Cc1ccn(-c2cc(-c3cccc(C(C)(N)O)n3)cc3c2cnn3-c2cccc(CO)n2)n1. The first-order chi connectivity index (χ1) is 15.8. The number of rotatable bonds is 5. The lowest BCUT2D eigenvalue weighted by atomic mass is 10.1. The minimum Gasteiger partial charge on any atom is -0.390 e. The molecule has 4 N–H and O–H groups in total. The molecule has 1 unspecified atom stereocenters. The topological polar surface area (TPSA) is 128 Å². The number of benzene rings is 1. The Bertz CT molecular complexity index is 1460. The quantitative estimate of drug-likeness (QED) is 0.358. The van der Waals surface area contributed by atoms with Gasteiger partial charge in [0.15, 0.2) is 11.5 Å². The van der Waals surface area contributed by atoms with Gasteiger partial charge in [-0.1, -0.05) is 12.1 Å². The minimum atomic E-state index is -1.56. The normalized spacial score (nSPS) is 13.4. The summed E-state index contributed by atoms with van der Waals surface area (Å²) < 4.78 is 3.52. The molecule has 4 aromatic heterocycles. The van der Waals surface area contributed by atoms with Crippen LogP contribution in [-0.2, 0) is 12.3 Å². The van der Waals surface area contributed by atoms with Crippen LogP contribution in [0, 0.1) is 6.92 Å². The Morgan fingerprint density at radius 3 is 2.61 bits per heavy atom. The van der Waals surface area contributed by atoms with E-state index < -0.39 is 5.72 Å². The van der Waals surface area contributed by atoms with Gasteiger partial charge in [-0.3, -0.25) is 5.73 Å². The van der Waals surface area contributed by atoms with E-state index in [0.717, 1.165) is 27.8 Å². The van der Waals surface area contributed by atoms with Crippen molar-refractivity contribution in [3.63, 3.8) is 0 Å². The van der Waals surface area contributed by atoms with Gasteiger partial charge in [0, 0.05) is 17.1 Å². The highest BCUT2D eigenvalue weighted by atomic mass is 16.3. The van der Waals surface area contributed by atoms with Crippen LogP contribution >= 0.6 is 0 Å². The van der Waals surface area contributed by atoms with Gasteiger partial charge in [-0.2, -0.15) is 10.2 Å². The molecule has 33 heavy (non-hydrogen) atoms. The van der Waals surface area contributed by atoms with E-state index in [0.29, 0.717) is 22.9 Å². The lowest BCUT2D eigenvalue weighted by molar-refractivity contribution is 0.0602. The van der Waals surface area contributed by atoms with Crippen molar-refractivity contribution in [2.24, 2.45) is 5.73 Å². The van der Waals surface area contributed by atoms with Crippen molar-refractivity contribution in [3.05, 3.63) is 84.1 Å². The minimum absolute atomic E-state index is 0.161. The number of hydrogen-bond donors (Lipinski definition) is 3. The molecule has 0 radical (unpaired) electrons. The Kier molecular flexibility index (Phi) is 5.01. The molecule has 0 aliphatic carbocycles. The first kappa shape index (κ1) is 21.0. The van der Waals surface area contributed by atoms with Gasteiger partial charge in [-0.25, -0.2) is 19.3 Å². The molecule has 0 fully saturated rings. The van der Waals surface area contributed by atoms with Crippen LogP contribution < -0.4 is 5.73 Å². The summed E-state index contributed by atoms with van der Waals surface area (Å²) in [5.74, 6) is 0.586. The Hall–Kier alpha value is -3.92. The predicted molar refractivity (Wildman–Crippen MR) is 124 cm³/mol. The number of fused-ring (bicyclic) bond motifs is 1. The van der Waals surface area contributed by atoms with Crippen LogP contribution in [0.2, 0.25) is 0 Å². The first-order valence-corrected chi connectivity index (χ1v) is 10.4. The molecule has 9 heteroatoms. The largest absolute Gasteiger partial charge is 0.390 e. The molecule has 0 bridgehead atoms. The molecule has 4 heterocycles. The van der Waals surface area contributed by atoms with Crippen LogP contribution in [-0.4, -0.2) is 39.7 Å². The lowest BCUT2D eigenvalue weighted by Crippen LogP contribution is -2.33. The number of aryl methyl sites for hydroxylation is 1. The standard InChI is InChI=1S/C24H23N7O2/c1-15-9-10-30(29-15)20-11-16(19-6-4-7-22(28-19)24(2,25)33)12-21-18(20)13-26-31(21)23-8-3-5-17(14-32)27-23/h3-13,32-33H,14,25H2,1-2H3. The van der Waals surface area contributed by atoms with Gasteiger partial charge in [-0.15, -0.1) is 0 Å². The highest BCUT2D eigenvalue weighted by molar-refractivity contribution is 5.92. The van der Waals surface area contributed by atoms with Crippen LogP contribution in [0.1, 0.15) is 24.0 Å². The third kappa shape index (κ3) is 3.89. The number of nitrogens with two attached hydrogens (primary N) is 1. The van der Waals surface area contributed by atoms with Gasteiger partial charge in [0.05, 0.1) is 46.8 Å². The maximum Gasteiger partial charge on any atom is 0.154 e. The van der Waals surface area contributed by atoms with Gasteiger partial charge in [-0.05, 0) is 56.3 Å². The van der Waals surface area contributed by atoms with E-state index in [1.165, 1.54) is 6.92 Å². The summed E-state index contributed by atoms with van der Waals surface area (Å²) in [6.07, 6.45) is 3.66. The third-order valence-corrected chi connectivity index (χ3v) is 5.37. The van der Waals surface area contributed by atoms with E-state index in [1.54, 1.807) is 27.7 Å². The van der Waals surface area contributed by atoms with Crippen molar-refractivity contribution in [1.29, 1.82) is 0 Å². The summed E-state index contributed by atoms with van der Waals surface area (Å²) >= 11 is 0. The summed E-state index contributed by atoms with van der Waals surface area (Å²) in [7, 11) is 0. The molecule has 0 spiro atoms. The molecule has 0 saturated heterocycles. The number of aromatic nitrogens is 6. The van der Waals surface area contributed by atoms with Gasteiger partial charge in [0.25, 0.3) is 0 Å². The zero-order valence-electron chi connectivity index (χ0n) is 18.2. The summed E-state index contributed by atoms with van der Waals surface area (Å²) in [5.41, 5.74) is 9.18. The number of pyridine rings is 2. The smallest absolute Gasteiger partial charge is 0.154 e. The number of aliphatic hydroxyl groups excluding tert-OH is 1. The first-order valence-electron chi connectivity index (χ1n) is 10.4. The molecular weight excluding hydrogens is 418 g/mol. The van der Waals surface area contributed by atoms with E-state index in [4.69, 9.17) is 5.73 Å². The van der Waals surface area contributed by atoms with Gasteiger partial charge in [0.1, 0.15) is 0 Å². The van der Waals surface area contributed by atoms with Crippen molar-refractivity contribution >= 4 is 10.9 Å². The van der Waals surface area contributed by atoms with Crippen LogP contribution in [0.3, 0.4) is 0 Å². The Morgan fingerprint density at radius 1 is 1.06 bits per heavy atom. The zero-order valence-corrected chi connectivity index (χ0v) is 18.2. The molecule has 0 aliphatic heterocycles. The number of aliphatic hydroxyl groups is 2. The Labute approximate surface area is 189 Å². The fraction of sp³-hybridized carbons (Fsp3) is 0.167. The highest BCUT2D eigenvalue weighted by Crippen LogP contribution is 2.31. The van der Waals surface area contributed by atoms with E-state index in [9.17, 15) is 10.2 Å². The van der Waals surface area contributed by atoms with Crippen LogP contribution in [0.5, 0.6) is 0 Å². The second-order valence-electron chi connectivity index (χ2n) is 8.09. The van der Waals surface area contributed by atoms with Crippen molar-refractivity contribution in [1.82, 2.24) is 29.5 Å². The molecule has 9 nitrogen and oxygen atoms in total. The molecule has 0 saturated carbocycles. The van der Waals surface area contributed by atoms with Crippen molar-refractivity contribution in [2.45, 2.75) is 26.2 Å². The molecule has 5 rings (SSSR count). The van der Waals surface area contributed by atoms with Crippen LogP contribution in [0.4, 0.5) is 0 Å². The van der Waals surface area contributed by atoms with E-state index in [1.807, 2.05) is 55.6 Å². The molecule has 5 aromatic rings. The average Bonchev–Trinajstić information content (AvgIpc) is 3.44. The van der Waals surface area contributed by atoms with E-state index in [-0.39, 0.29) is 6.61 Å². The van der Waals surface area contributed by atoms with Gasteiger partial charge >= 0.3 is 0 Å². The third-order valence-electron chi connectivity index (χ3n) is 5.37. The van der Waals surface area contributed by atoms with Crippen molar-refractivity contribution in [3.8, 4) is 22.8 Å². The molecule has 0 amide bonds. The van der Waals surface area contributed by atoms with Gasteiger partial charge in [0.2, 0.25) is 0 Å². The van der Waals surface area contributed by atoms with Crippen LogP contribution in [0.25, 0.3) is 33.7 Å². The summed E-state index contributed by atoms with van der Waals surface area (Å²) in [5, 5.41) is 29.8. The fourth-order valence-corrected chi connectivity index (χ4v) is 3.73. The van der Waals surface area contributed by atoms with Gasteiger partial charge < -0.3 is 10.2 Å². The average molecular weight is 441 g/mol. The summed E-state index contributed by atoms with van der Waals surface area (Å²) in [6, 6.07) is 16.7. The Balaban J connectivity index is 1.77. The van der Waals surface area contributed by atoms with Crippen LogP contribution in [0.15, 0.2) is 67.0 Å². The maximum atomic E-state index is 10.2. The van der Waals surface area contributed by atoms with E-state index in [2.05, 4.69) is 20.2 Å². The monoisotopic (exact) mass is 441 g/mol. The zero-order chi connectivity index (χ0) is 23.2. The summed E-state index contributed by atoms with van der Waals surface area (Å²) in [6.45, 7) is 3.26. The Morgan fingerprint density at radius 2 is 1.88 bits per heavy atom. The second kappa shape index (κ2) is 7.89. The second-order valence-corrected chi connectivity index (χ2v) is 8.09. The maximum absolute atomic E-state index is 10.2. The predicted octanol–water partition coefficient (Wildman–Crippen LogP) is 2.59. The highest BCUT2D eigenvalue weighted by Gasteiger charge is 2.20. The number of hydrogen-bond acceptors (Lipinski definition) is 7. The molecule has 166 valence electrons. The fourth-order valence-electron chi connectivity index (χ4n) is 3.73. The van der Waals surface area contributed by atoms with Crippen molar-refractivity contribution < 1.29 is 10.2 Å². The molecule has 1 aromatic carbocycles. The molecular formula is C24H23N7O2. The number of nitrogens with zero attached hydrogens (tertiary/aromatic N) is 6. The van der Waals surface area contributed by atoms with Crippen molar-refractivity contribution in [2.75, 3.05) is 0 Å². The summed E-state index contributed by atoms with van der Waals surface area (Å²) in [4.78, 5) is 9.09. The molecule has 0 aliphatic rings.